The molecule has 0 saturated heterocycles. The van der Waals surface area contributed by atoms with Crippen LogP contribution in [-0.2, 0) is 16.5 Å². The second-order valence-electron chi connectivity index (χ2n) is 6.76. The van der Waals surface area contributed by atoms with Crippen molar-refractivity contribution in [3.8, 4) is 17.2 Å². The van der Waals surface area contributed by atoms with Crippen molar-refractivity contribution in [2.75, 3.05) is 0 Å². The zero-order valence-corrected chi connectivity index (χ0v) is 16.5. The summed E-state index contributed by atoms with van der Waals surface area (Å²) >= 11 is 0. The third-order valence-electron chi connectivity index (χ3n) is 4.36. The fourth-order valence-electron chi connectivity index (χ4n) is 2.97. The summed E-state index contributed by atoms with van der Waals surface area (Å²) in [6.07, 6.45) is 9.40. The van der Waals surface area contributed by atoms with E-state index in [-0.39, 0.29) is 16.4 Å². The Morgan fingerprint density at radius 1 is 0.889 bits per heavy atom. The van der Waals surface area contributed by atoms with Gasteiger partial charge in [-0.15, -0.1) is 0 Å². The molecule has 27 heavy (non-hydrogen) atoms. The maximum absolute atomic E-state index is 11.2. The fourth-order valence-corrected chi connectivity index (χ4v) is 3.48. The quantitative estimate of drug-likeness (QED) is 0.377. The lowest BCUT2D eigenvalue weighted by Crippen LogP contribution is -1.98. The van der Waals surface area contributed by atoms with Gasteiger partial charge in [0, 0.05) is 12.1 Å². The van der Waals surface area contributed by atoms with Crippen LogP contribution in [0.3, 0.4) is 0 Å². The third-order valence-corrected chi connectivity index (χ3v) is 5.21. The Morgan fingerprint density at radius 3 is 2.30 bits per heavy atom. The highest BCUT2D eigenvalue weighted by Crippen LogP contribution is 2.29. The number of hydrogen-bond donors (Lipinski definition) is 2. The number of benzene rings is 2. The summed E-state index contributed by atoms with van der Waals surface area (Å²) in [7, 11) is -4.29. The molecule has 0 fully saturated rings. The highest BCUT2D eigenvalue weighted by atomic mass is 32.2. The molecule has 2 aromatic carbocycles. The molecule has 0 radical (unpaired) electrons. The molecule has 2 N–H and O–H groups in total. The number of aromatic hydroxyl groups is 1. The number of phenols is 1. The number of ether oxygens (including phenoxy) is 1. The molecule has 0 amide bonds. The van der Waals surface area contributed by atoms with Crippen molar-refractivity contribution in [1.29, 1.82) is 0 Å². The summed E-state index contributed by atoms with van der Waals surface area (Å²) in [6.45, 7) is 2.21. The van der Waals surface area contributed by atoms with E-state index in [1.807, 2.05) is 6.07 Å². The predicted octanol–water partition coefficient (Wildman–Crippen LogP) is 5.72. The summed E-state index contributed by atoms with van der Waals surface area (Å²) in [6, 6.07) is 10.7. The predicted molar refractivity (Wildman–Crippen MR) is 106 cm³/mol. The second kappa shape index (κ2) is 10.3. The SMILES string of the molecule is CCCCCCCCCc1cc(O)cc(Oc2cccc(S(=O)(=O)O)c2)c1. The van der Waals surface area contributed by atoms with E-state index in [2.05, 4.69) is 6.92 Å². The van der Waals surface area contributed by atoms with E-state index in [9.17, 15) is 13.5 Å². The standard InChI is InChI=1S/C21H28O5S/c1-2-3-4-5-6-7-8-10-17-13-18(22)15-20(14-17)26-19-11-9-12-21(16-19)27(23,24)25/h9,11-16,22H,2-8,10H2,1H3,(H,23,24,25). The van der Waals surface area contributed by atoms with Crippen LogP contribution in [-0.4, -0.2) is 18.1 Å². The minimum absolute atomic E-state index is 0.108. The summed E-state index contributed by atoms with van der Waals surface area (Å²) in [5.74, 6) is 0.814. The molecule has 0 aliphatic heterocycles. The minimum Gasteiger partial charge on any atom is -0.508 e. The van der Waals surface area contributed by atoms with Crippen LogP contribution < -0.4 is 4.74 Å². The van der Waals surface area contributed by atoms with Gasteiger partial charge in [-0.1, -0.05) is 51.5 Å². The fraction of sp³-hybridized carbons (Fsp3) is 0.429. The maximum atomic E-state index is 11.2. The smallest absolute Gasteiger partial charge is 0.294 e. The van der Waals surface area contributed by atoms with Crippen LogP contribution in [0.1, 0.15) is 57.4 Å². The summed E-state index contributed by atoms with van der Waals surface area (Å²) in [4.78, 5) is -0.233. The first-order valence-electron chi connectivity index (χ1n) is 9.47. The number of hydrogen-bond acceptors (Lipinski definition) is 4. The molecule has 6 heteroatoms. The second-order valence-corrected chi connectivity index (χ2v) is 8.18. The zero-order chi connectivity index (χ0) is 19.7. The van der Waals surface area contributed by atoms with Gasteiger partial charge >= 0.3 is 0 Å². The van der Waals surface area contributed by atoms with E-state index in [0.29, 0.717) is 5.75 Å². The van der Waals surface area contributed by atoms with E-state index in [0.717, 1.165) is 24.8 Å². The van der Waals surface area contributed by atoms with Crippen LogP contribution in [0.15, 0.2) is 47.4 Å². The topological polar surface area (TPSA) is 83.8 Å². The summed E-state index contributed by atoms with van der Waals surface area (Å²) < 4.78 is 37.3. The Balaban J connectivity index is 1.95. The normalized spacial score (nSPS) is 11.5. The lowest BCUT2D eigenvalue weighted by Gasteiger charge is -2.10. The summed E-state index contributed by atoms with van der Waals surface area (Å²) in [5.41, 5.74) is 0.976. The number of aryl methyl sites for hydroxylation is 1. The molecule has 0 aromatic heterocycles. The number of rotatable bonds is 11. The third kappa shape index (κ3) is 7.61. The van der Waals surface area contributed by atoms with Crippen molar-refractivity contribution >= 4 is 10.1 Å². The van der Waals surface area contributed by atoms with Gasteiger partial charge in [-0.3, -0.25) is 4.55 Å². The Morgan fingerprint density at radius 2 is 1.59 bits per heavy atom. The van der Waals surface area contributed by atoms with Crippen molar-refractivity contribution in [1.82, 2.24) is 0 Å². The molecule has 0 unspecified atom stereocenters. The highest BCUT2D eigenvalue weighted by Gasteiger charge is 2.11. The Labute approximate surface area is 161 Å². The minimum atomic E-state index is -4.29. The van der Waals surface area contributed by atoms with E-state index < -0.39 is 10.1 Å². The van der Waals surface area contributed by atoms with Gasteiger partial charge in [0.15, 0.2) is 0 Å². The van der Waals surface area contributed by atoms with E-state index >= 15 is 0 Å². The number of phenolic OH excluding ortho intramolecular Hbond substituents is 1. The largest absolute Gasteiger partial charge is 0.508 e. The van der Waals surface area contributed by atoms with Gasteiger partial charge in [-0.2, -0.15) is 8.42 Å². The molecular formula is C21H28O5S. The summed E-state index contributed by atoms with van der Waals surface area (Å²) in [5, 5.41) is 9.94. The first kappa shape index (κ1) is 21.3. The molecule has 148 valence electrons. The van der Waals surface area contributed by atoms with E-state index in [1.165, 1.54) is 56.4 Å². The van der Waals surface area contributed by atoms with E-state index in [4.69, 9.17) is 9.29 Å². The molecule has 5 nitrogen and oxygen atoms in total. The van der Waals surface area contributed by atoms with Crippen molar-refractivity contribution in [2.24, 2.45) is 0 Å². The molecule has 0 aliphatic carbocycles. The van der Waals surface area contributed by atoms with Crippen LogP contribution in [0, 0.1) is 0 Å². The zero-order valence-electron chi connectivity index (χ0n) is 15.7. The first-order chi connectivity index (χ1) is 12.9. The molecule has 0 heterocycles. The van der Waals surface area contributed by atoms with Gasteiger partial charge in [-0.25, -0.2) is 0 Å². The molecular weight excluding hydrogens is 364 g/mol. The molecule has 0 aliphatic rings. The van der Waals surface area contributed by atoms with Gasteiger partial charge in [0.25, 0.3) is 10.1 Å². The Kier molecular flexibility index (Phi) is 8.13. The average molecular weight is 393 g/mol. The van der Waals surface area contributed by atoms with Crippen LogP contribution in [0.25, 0.3) is 0 Å². The van der Waals surface area contributed by atoms with Crippen molar-refractivity contribution in [3.63, 3.8) is 0 Å². The van der Waals surface area contributed by atoms with Gasteiger partial charge < -0.3 is 9.84 Å². The van der Waals surface area contributed by atoms with E-state index in [1.54, 1.807) is 12.1 Å². The molecule has 2 aromatic rings. The highest BCUT2D eigenvalue weighted by molar-refractivity contribution is 7.85. The maximum Gasteiger partial charge on any atom is 0.294 e. The molecule has 0 bridgehead atoms. The Bertz CT molecular complexity index is 830. The average Bonchev–Trinajstić information content (AvgIpc) is 2.60. The van der Waals surface area contributed by atoms with Crippen molar-refractivity contribution in [2.45, 2.75) is 63.2 Å². The van der Waals surface area contributed by atoms with Crippen LogP contribution in [0.5, 0.6) is 17.2 Å². The van der Waals surface area contributed by atoms with Crippen LogP contribution >= 0.6 is 0 Å². The van der Waals surface area contributed by atoms with Gasteiger partial charge in [-0.05, 0) is 42.7 Å². The van der Waals surface area contributed by atoms with Crippen LogP contribution in [0.2, 0.25) is 0 Å². The lowest BCUT2D eigenvalue weighted by molar-refractivity contribution is 0.451. The lowest BCUT2D eigenvalue weighted by atomic mass is 10.0. The number of unbranched alkanes of at least 4 members (excludes halogenated alkanes) is 6. The van der Waals surface area contributed by atoms with Crippen molar-refractivity contribution in [3.05, 3.63) is 48.0 Å². The molecule has 2 rings (SSSR count). The van der Waals surface area contributed by atoms with Gasteiger partial charge in [0.2, 0.25) is 0 Å². The molecule has 0 atom stereocenters. The molecule has 0 saturated carbocycles. The first-order valence-corrected chi connectivity index (χ1v) is 10.9. The van der Waals surface area contributed by atoms with Crippen molar-refractivity contribution < 1.29 is 22.8 Å². The monoisotopic (exact) mass is 392 g/mol. The van der Waals surface area contributed by atoms with Gasteiger partial charge in [0.05, 0.1) is 4.90 Å². The van der Waals surface area contributed by atoms with Crippen LogP contribution in [0.4, 0.5) is 0 Å². The Hall–Kier alpha value is -2.05. The van der Waals surface area contributed by atoms with Gasteiger partial charge in [0.1, 0.15) is 17.2 Å². The molecule has 0 spiro atoms.